The van der Waals surface area contributed by atoms with Crippen molar-refractivity contribution < 1.29 is 4.42 Å². The third-order valence-electron chi connectivity index (χ3n) is 5.57. The van der Waals surface area contributed by atoms with Gasteiger partial charge < -0.3 is 4.42 Å². The van der Waals surface area contributed by atoms with E-state index in [4.69, 9.17) is 16.0 Å². The summed E-state index contributed by atoms with van der Waals surface area (Å²) in [6, 6.07) is 36.8. The third-order valence-corrected chi connectivity index (χ3v) is 10.1. The topological polar surface area (TPSA) is 35.1 Å². The zero-order valence-electron chi connectivity index (χ0n) is 16.7. The second-order valence-electron chi connectivity index (χ2n) is 7.37. The van der Waals surface area contributed by atoms with E-state index >= 15 is 0 Å². The van der Waals surface area contributed by atoms with Gasteiger partial charge in [0.25, 0.3) is 0 Å². The van der Waals surface area contributed by atoms with Gasteiger partial charge in [0.05, 0.1) is 5.52 Å². The summed E-state index contributed by atoms with van der Waals surface area (Å²) >= 11 is 6.14. The Hall–Kier alpha value is -3.13. The molecule has 0 aliphatic heterocycles. The van der Waals surface area contributed by atoms with Gasteiger partial charge in [0, 0.05) is 11.1 Å². The van der Waals surface area contributed by atoms with E-state index in [9.17, 15) is 4.79 Å². The van der Waals surface area contributed by atoms with Gasteiger partial charge in [0.2, 0.25) is 0 Å². The van der Waals surface area contributed by atoms with Crippen molar-refractivity contribution in [2.24, 2.45) is 0 Å². The average Bonchev–Trinajstić information content (AvgIpc) is 3.12. The van der Waals surface area contributed by atoms with Crippen LogP contribution in [0.1, 0.15) is 0 Å². The minimum atomic E-state index is -2.22. The second-order valence-corrected chi connectivity index (χ2v) is 11.3. The number of hydrogen-bond donors (Lipinski definition) is 0. The molecule has 5 heteroatoms. The van der Waals surface area contributed by atoms with E-state index in [1.807, 2.05) is 24.3 Å². The number of aromatic nitrogens is 1. The number of benzene rings is 4. The molecule has 1 aromatic heterocycles. The Balaban J connectivity index is 1.83. The molecule has 0 fully saturated rings. The van der Waals surface area contributed by atoms with Gasteiger partial charge in [-0.1, -0.05) is 66.2 Å². The molecule has 0 N–H and O–H groups in total. The van der Waals surface area contributed by atoms with Gasteiger partial charge in [-0.25, -0.2) is 9.36 Å². The lowest BCUT2D eigenvalue weighted by atomic mass is 10.3. The molecular weight excluding hydrogens is 425 g/mol. The molecular formula is C26H20ClNO2P+. The van der Waals surface area contributed by atoms with E-state index in [2.05, 4.69) is 72.8 Å². The molecule has 3 nitrogen and oxygen atoms in total. The van der Waals surface area contributed by atoms with Crippen LogP contribution in [0.4, 0.5) is 0 Å². The molecule has 0 aliphatic rings. The zero-order chi connectivity index (χ0) is 21.3. The lowest BCUT2D eigenvalue weighted by molar-refractivity contribution is 0.525. The minimum Gasteiger partial charge on any atom is -0.408 e. The minimum absolute atomic E-state index is 0.371. The first-order valence-electron chi connectivity index (χ1n) is 10.0. The SMILES string of the molecule is O=c1oc2cc(Cl)ccc2n1C[P+](c1ccccc1)(c1ccccc1)c1ccccc1. The highest BCUT2D eigenvalue weighted by Crippen LogP contribution is 2.56. The molecule has 0 bridgehead atoms. The predicted octanol–water partition coefficient (Wildman–Crippen LogP) is 5.20. The maximum absolute atomic E-state index is 13.0. The molecule has 5 aromatic rings. The zero-order valence-corrected chi connectivity index (χ0v) is 18.3. The summed E-state index contributed by atoms with van der Waals surface area (Å²) in [5, 5.41) is 4.18. The van der Waals surface area contributed by atoms with Crippen LogP contribution in [0.5, 0.6) is 0 Å². The summed E-state index contributed by atoms with van der Waals surface area (Å²) in [5.74, 6) is -0.371. The van der Waals surface area contributed by atoms with Gasteiger partial charge in [-0.2, -0.15) is 0 Å². The van der Waals surface area contributed by atoms with E-state index in [-0.39, 0.29) is 5.76 Å². The predicted molar refractivity (Wildman–Crippen MR) is 131 cm³/mol. The van der Waals surface area contributed by atoms with Crippen LogP contribution in [0, 0.1) is 0 Å². The summed E-state index contributed by atoms with van der Waals surface area (Å²) in [7, 11) is -2.22. The quantitative estimate of drug-likeness (QED) is 0.349. The number of oxazole rings is 1. The van der Waals surface area contributed by atoms with E-state index in [0.717, 1.165) is 5.52 Å². The molecule has 1 heterocycles. The first-order valence-corrected chi connectivity index (χ1v) is 12.4. The van der Waals surface area contributed by atoms with Crippen LogP contribution >= 0.6 is 18.9 Å². The van der Waals surface area contributed by atoms with Crippen LogP contribution < -0.4 is 21.7 Å². The number of rotatable bonds is 5. The lowest BCUT2D eigenvalue weighted by Gasteiger charge is -2.27. The molecule has 0 amide bonds. The Morgan fingerprint density at radius 3 is 1.68 bits per heavy atom. The molecule has 152 valence electrons. The van der Waals surface area contributed by atoms with Crippen LogP contribution in [0.25, 0.3) is 11.1 Å². The summed E-state index contributed by atoms with van der Waals surface area (Å²) in [4.78, 5) is 13.0. The molecule has 0 saturated carbocycles. The van der Waals surface area contributed by atoms with Crippen LogP contribution in [-0.2, 0) is 6.29 Å². The summed E-state index contributed by atoms with van der Waals surface area (Å²) < 4.78 is 7.33. The Kier molecular flexibility index (Phi) is 5.23. The molecule has 0 unspecified atom stereocenters. The fourth-order valence-electron chi connectivity index (χ4n) is 4.13. The van der Waals surface area contributed by atoms with Crippen LogP contribution in [-0.4, -0.2) is 4.57 Å². The molecule has 31 heavy (non-hydrogen) atoms. The molecule has 0 radical (unpaired) electrons. The molecule has 0 spiro atoms. The maximum atomic E-state index is 13.0. The monoisotopic (exact) mass is 444 g/mol. The Labute approximate surface area is 185 Å². The van der Waals surface area contributed by atoms with Gasteiger partial charge in [0.1, 0.15) is 23.2 Å². The fraction of sp³-hybridized carbons (Fsp3) is 0.0385. The smallest absolute Gasteiger partial charge is 0.408 e. The summed E-state index contributed by atoms with van der Waals surface area (Å²) in [5.41, 5.74) is 1.26. The van der Waals surface area contributed by atoms with Gasteiger partial charge in [-0.15, -0.1) is 0 Å². The highest BCUT2D eigenvalue weighted by atomic mass is 35.5. The number of hydrogen-bond acceptors (Lipinski definition) is 2. The van der Waals surface area contributed by atoms with Crippen molar-refractivity contribution >= 4 is 45.9 Å². The molecule has 5 rings (SSSR count). The normalized spacial score (nSPS) is 11.6. The van der Waals surface area contributed by atoms with Crippen molar-refractivity contribution in [3.63, 3.8) is 0 Å². The van der Waals surface area contributed by atoms with E-state index < -0.39 is 7.26 Å². The van der Waals surface area contributed by atoms with Gasteiger partial charge in [0.15, 0.2) is 11.9 Å². The van der Waals surface area contributed by atoms with Crippen molar-refractivity contribution in [1.29, 1.82) is 0 Å². The second kappa shape index (κ2) is 8.19. The van der Waals surface area contributed by atoms with Gasteiger partial charge >= 0.3 is 5.76 Å². The largest absolute Gasteiger partial charge is 0.422 e. The molecule has 4 aromatic carbocycles. The van der Waals surface area contributed by atoms with E-state index in [1.54, 1.807) is 16.7 Å². The highest BCUT2D eigenvalue weighted by molar-refractivity contribution is 7.94. The first kappa shape index (κ1) is 19.8. The van der Waals surface area contributed by atoms with Crippen molar-refractivity contribution in [1.82, 2.24) is 4.57 Å². The van der Waals surface area contributed by atoms with E-state index in [0.29, 0.717) is 16.9 Å². The average molecular weight is 445 g/mol. The van der Waals surface area contributed by atoms with Crippen LogP contribution in [0.3, 0.4) is 0 Å². The molecule has 0 saturated heterocycles. The van der Waals surface area contributed by atoms with E-state index in [1.165, 1.54) is 15.9 Å². The Bertz CT molecular complexity index is 1280. The van der Waals surface area contributed by atoms with Crippen molar-refractivity contribution in [2.75, 3.05) is 0 Å². The summed E-state index contributed by atoms with van der Waals surface area (Å²) in [6.45, 7) is 0. The fourth-order valence-corrected chi connectivity index (χ4v) is 8.41. The first-order chi connectivity index (χ1) is 15.2. The van der Waals surface area contributed by atoms with Crippen LogP contribution in [0.15, 0.2) is 118 Å². The number of nitrogens with zero attached hydrogens (tertiary/aromatic N) is 1. The van der Waals surface area contributed by atoms with Gasteiger partial charge in [-0.3, -0.25) is 0 Å². The maximum Gasteiger partial charge on any atom is 0.422 e. The standard InChI is InChI=1S/C26H20ClNO2P/c27-20-16-17-24-25(18-20)30-26(29)28(24)19-31(21-10-4-1-5-11-21,22-12-6-2-7-13-22)23-14-8-3-9-15-23/h1-18H,19H2/q+1. The molecule has 0 aliphatic carbocycles. The summed E-state index contributed by atoms with van der Waals surface area (Å²) in [6.07, 6.45) is 0.499. The van der Waals surface area contributed by atoms with Crippen molar-refractivity contribution in [2.45, 2.75) is 6.29 Å². The Morgan fingerprint density at radius 2 is 1.19 bits per heavy atom. The highest BCUT2D eigenvalue weighted by Gasteiger charge is 2.46. The Morgan fingerprint density at radius 1 is 0.710 bits per heavy atom. The number of halogens is 1. The third kappa shape index (κ3) is 3.50. The lowest BCUT2D eigenvalue weighted by Crippen LogP contribution is -2.35. The van der Waals surface area contributed by atoms with Crippen molar-refractivity contribution in [3.8, 4) is 0 Å². The number of fused-ring (bicyclic) bond motifs is 1. The van der Waals surface area contributed by atoms with Crippen molar-refractivity contribution in [3.05, 3.63) is 125 Å². The molecule has 0 atom stereocenters. The van der Waals surface area contributed by atoms with Crippen LogP contribution in [0.2, 0.25) is 5.02 Å². The van der Waals surface area contributed by atoms with Gasteiger partial charge in [-0.05, 0) is 48.5 Å².